The Balaban J connectivity index is 2.86. The first kappa shape index (κ1) is 10.9. The molecular formula is C8H17NO3S. The highest BCUT2D eigenvalue weighted by molar-refractivity contribution is 7.90. The average Bonchev–Trinajstić information content (AvgIpc) is 2.03. The number of sulfonamides is 1. The van der Waals surface area contributed by atoms with E-state index in [-0.39, 0.29) is 17.1 Å². The lowest BCUT2D eigenvalue weighted by molar-refractivity contribution is 0.0300. The molecule has 1 N–H and O–H groups in total. The van der Waals surface area contributed by atoms with Gasteiger partial charge < -0.3 is 4.74 Å². The van der Waals surface area contributed by atoms with Gasteiger partial charge in [-0.25, -0.2) is 13.1 Å². The Morgan fingerprint density at radius 2 is 1.69 bits per heavy atom. The van der Waals surface area contributed by atoms with Gasteiger partial charge in [0.05, 0.1) is 18.5 Å². The number of hydrogen-bond acceptors (Lipinski definition) is 3. The minimum absolute atomic E-state index is 0.0706. The molecule has 0 aromatic heterocycles. The molecule has 2 atom stereocenters. The number of hydrogen-bond donors (Lipinski definition) is 1. The molecule has 0 bridgehead atoms. The smallest absolute Gasteiger partial charge is 0.214 e. The zero-order valence-corrected chi connectivity index (χ0v) is 9.10. The zero-order valence-electron chi connectivity index (χ0n) is 8.28. The van der Waals surface area contributed by atoms with E-state index < -0.39 is 10.0 Å². The Hall–Kier alpha value is -0.130. The van der Waals surface area contributed by atoms with Crippen LogP contribution in [0.4, 0.5) is 0 Å². The maximum Gasteiger partial charge on any atom is 0.214 e. The first-order valence-corrected chi connectivity index (χ1v) is 6.03. The summed E-state index contributed by atoms with van der Waals surface area (Å²) in [5, 5.41) is -0.314. The van der Waals surface area contributed by atoms with Crippen LogP contribution in [0.2, 0.25) is 0 Å². The summed E-state index contributed by atoms with van der Waals surface area (Å²) in [5.41, 5.74) is 0. The lowest BCUT2D eigenvalue weighted by Crippen LogP contribution is -2.46. The molecule has 0 amide bonds. The topological polar surface area (TPSA) is 55.4 Å². The van der Waals surface area contributed by atoms with Crippen LogP contribution in [-0.4, -0.2) is 33.9 Å². The molecule has 0 saturated carbocycles. The molecule has 0 aromatic carbocycles. The van der Waals surface area contributed by atoms with Gasteiger partial charge in [-0.05, 0) is 18.9 Å². The molecule has 5 heteroatoms. The summed E-state index contributed by atoms with van der Waals surface area (Å²) in [7, 11) is -1.69. The molecule has 1 aliphatic heterocycles. The summed E-state index contributed by atoms with van der Waals surface area (Å²) < 4.78 is 30.9. The normalized spacial score (nSPS) is 36.1. The van der Waals surface area contributed by atoms with Crippen molar-refractivity contribution in [2.24, 2.45) is 11.8 Å². The third-order valence-electron chi connectivity index (χ3n) is 2.53. The summed E-state index contributed by atoms with van der Waals surface area (Å²) in [5.74, 6) is 0.141. The predicted octanol–water partition coefficient (Wildman–Crippen LogP) is 0.207. The van der Waals surface area contributed by atoms with E-state index in [0.717, 1.165) is 0 Å². The fourth-order valence-corrected chi connectivity index (χ4v) is 3.59. The van der Waals surface area contributed by atoms with E-state index in [0.29, 0.717) is 13.2 Å². The molecule has 1 aliphatic rings. The third kappa shape index (κ3) is 2.21. The number of nitrogens with one attached hydrogen (secondary N) is 1. The van der Waals surface area contributed by atoms with Crippen LogP contribution in [-0.2, 0) is 14.8 Å². The molecule has 78 valence electrons. The van der Waals surface area contributed by atoms with Crippen molar-refractivity contribution >= 4 is 10.0 Å². The van der Waals surface area contributed by atoms with Crippen LogP contribution in [0, 0.1) is 11.8 Å². The lowest BCUT2D eigenvalue weighted by atomic mass is 9.95. The Kier molecular flexibility index (Phi) is 3.32. The monoisotopic (exact) mass is 207 g/mol. The second kappa shape index (κ2) is 3.94. The number of rotatable bonds is 2. The Morgan fingerprint density at radius 1 is 1.23 bits per heavy atom. The van der Waals surface area contributed by atoms with Gasteiger partial charge in [-0.15, -0.1) is 0 Å². The first-order chi connectivity index (χ1) is 5.99. The molecule has 1 saturated heterocycles. The molecule has 1 fully saturated rings. The van der Waals surface area contributed by atoms with Crippen LogP contribution in [0.1, 0.15) is 13.8 Å². The number of ether oxygens (including phenoxy) is 1. The molecule has 0 aliphatic carbocycles. The van der Waals surface area contributed by atoms with Gasteiger partial charge in [0.15, 0.2) is 0 Å². The average molecular weight is 207 g/mol. The molecule has 0 spiro atoms. The van der Waals surface area contributed by atoms with E-state index in [2.05, 4.69) is 4.72 Å². The first-order valence-electron chi connectivity index (χ1n) is 4.49. The maximum atomic E-state index is 11.6. The third-order valence-corrected chi connectivity index (χ3v) is 4.74. The molecule has 4 nitrogen and oxygen atoms in total. The summed E-state index contributed by atoms with van der Waals surface area (Å²) in [4.78, 5) is 0. The van der Waals surface area contributed by atoms with E-state index in [1.807, 2.05) is 13.8 Å². The molecular weight excluding hydrogens is 190 g/mol. The van der Waals surface area contributed by atoms with Gasteiger partial charge >= 0.3 is 0 Å². The Labute approximate surface area is 79.7 Å². The second-order valence-corrected chi connectivity index (χ2v) is 5.75. The fourth-order valence-electron chi connectivity index (χ4n) is 1.94. The minimum Gasteiger partial charge on any atom is -0.381 e. The van der Waals surface area contributed by atoms with Gasteiger partial charge in [-0.3, -0.25) is 0 Å². The molecule has 1 rings (SSSR count). The van der Waals surface area contributed by atoms with Crippen molar-refractivity contribution < 1.29 is 13.2 Å². The summed E-state index contributed by atoms with van der Waals surface area (Å²) in [6.45, 7) is 4.90. The maximum absolute atomic E-state index is 11.6. The van der Waals surface area contributed by atoms with Crippen LogP contribution >= 0.6 is 0 Å². The van der Waals surface area contributed by atoms with Crippen LogP contribution in [0.25, 0.3) is 0 Å². The standard InChI is InChI=1S/C8H17NO3S/c1-6-4-12-5-7(2)8(6)13(10,11)9-3/h6-9H,4-5H2,1-3H3. The van der Waals surface area contributed by atoms with Gasteiger partial charge in [0.1, 0.15) is 0 Å². The van der Waals surface area contributed by atoms with Gasteiger partial charge in [0.2, 0.25) is 10.0 Å². The highest BCUT2D eigenvalue weighted by atomic mass is 32.2. The van der Waals surface area contributed by atoms with E-state index in [1.165, 1.54) is 7.05 Å². The molecule has 2 unspecified atom stereocenters. The van der Waals surface area contributed by atoms with E-state index in [1.54, 1.807) is 0 Å². The molecule has 13 heavy (non-hydrogen) atoms. The van der Waals surface area contributed by atoms with E-state index in [9.17, 15) is 8.42 Å². The van der Waals surface area contributed by atoms with Crippen LogP contribution < -0.4 is 4.72 Å². The SMILES string of the molecule is CNS(=O)(=O)C1C(C)COCC1C. The molecule has 0 aromatic rings. The van der Waals surface area contributed by atoms with Crippen molar-refractivity contribution in [3.63, 3.8) is 0 Å². The summed E-state index contributed by atoms with van der Waals surface area (Å²) in [6.07, 6.45) is 0. The van der Waals surface area contributed by atoms with Crippen LogP contribution in [0.15, 0.2) is 0 Å². The van der Waals surface area contributed by atoms with Crippen LogP contribution in [0.3, 0.4) is 0 Å². The fraction of sp³-hybridized carbons (Fsp3) is 1.00. The summed E-state index contributed by atoms with van der Waals surface area (Å²) >= 11 is 0. The van der Waals surface area contributed by atoms with Crippen molar-refractivity contribution in [1.82, 2.24) is 4.72 Å². The minimum atomic E-state index is -3.15. The highest BCUT2D eigenvalue weighted by Crippen LogP contribution is 2.25. The molecule has 1 heterocycles. The Bertz CT molecular complexity index is 253. The predicted molar refractivity (Wildman–Crippen MR) is 50.9 cm³/mol. The Morgan fingerprint density at radius 3 is 2.08 bits per heavy atom. The lowest BCUT2D eigenvalue weighted by Gasteiger charge is -2.33. The van der Waals surface area contributed by atoms with Gasteiger partial charge in [-0.2, -0.15) is 0 Å². The second-order valence-electron chi connectivity index (χ2n) is 3.71. The van der Waals surface area contributed by atoms with Crippen molar-refractivity contribution in [3.05, 3.63) is 0 Å². The van der Waals surface area contributed by atoms with E-state index in [4.69, 9.17) is 4.74 Å². The molecule has 0 radical (unpaired) electrons. The van der Waals surface area contributed by atoms with E-state index >= 15 is 0 Å². The van der Waals surface area contributed by atoms with Gasteiger partial charge in [0, 0.05) is 0 Å². The summed E-state index contributed by atoms with van der Waals surface area (Å²) in [6, 6.07) is 0. The zero-order chi connectivity index (χ0) is 10.1. The van der Waals surface area contributed by atoms with Crippen molar-refractivity contribution in [2.45, 2.75) is 19.1 Å². The highest BCUT2D eigenvalue weighted by Gasteiger charge is 2.37. The van der Waals surface area contributed by atoms with Crippen molar-refractivity contribution in [3.8, 4) is 0 Å². The quantitative estimate of drug-likeness (QED) is 0.704. The van der Waals surface area contributed by atoms with Crippen molar-refractivity contribution in [2.75, 3.05) is 20.3 Å². The van der Waals surface area contributed by atoms with Crippen LogP contribution in [0.5, 0.6) is 0 Å². The largest absolute Gasteiger partial charge is 0.381 e. The van der Waals surface area contributed by atoms with Gasteiger partial charge in [0.25, 0.3) is 0 Å². The van der Waals surface area contributed by atoms with Crippen molar-refractivity contribution in [1.29, 1.82) is 0 Å². The van der Waals surface area contributed by atoms with Gasteiger partial charge in [-0.1, -0.05) is 13.8 Å².